The predicted molar refractivity (Wildman–Crippen MR) is 78.2 cm³/mol. The van der Waals surface area contributed by atoms with Crippen LogP contribution in [0.15, 0.2) is 18.2 Å². The summed E-state index contributed by atoms with van der Waals surface area (Å²) in [6.07, 6.45) is 1.29. The van der Waals surface area contributed by atoms with Gasteiger partial charge in [0.1, 0.15) is 0 Å². The minimum atomic E-state index is 0.496. The highest BCUT2D eigenvalue weighted by Crippen LogP contribution is 2.24. The van der Waals surface area contributed by atoms with Crippen LogP contribution in [0.1, 0.15) is 12.0 Å². The summed E-state index contributed by atoms with van der Waals surface area (Å²) in [7, 11) is 4.32. The zero-order chi connectivity index (χ0) is 13.1. The molecule has 3 nitrogen and oxygen atoms in total. The molecule has 1 aromatic rings. The largest absolute Gasteiger partial charge is 0.374 e. The summed E-state index contributed by atoms with van der Waals surface area (Å²) >= 11 is 6.20. The first kappa shape index (κ1) is 13.7. The van der Waals surface area contributed by atoms with Gasteiger partial charge in [-0.3, -0.25) is 0 Å². The minimum Gasteiger partial charge on any atom is -0.374 e. The Balaban J connectivity index is 2.00. The maximum absolute atomic E-state index is 6.20. The maximum Gasteiger partial charge on any atom is 0.0471 e. The van der Waals surface area contributed by atoms with Gasteiger partial charge in [0.05, 0.1) is 0 Å². The number of anilines is 1. The Kier molecular flexibility index (Phi) is 4.49. The van der Waals surface area contributed by atoms with Gasteiger partial charge >= 0.3 is 0 Å². The molecule has 2 rings (SSSR count). The summed E-state index contributed by atoms with van der Waals surface area (Å²) in [5, 5.41) is 0.769. The van der Waals surface area contributed by atoms with Gasteiger partial charge in [-0.15, -0.1) is 0 Å². The van der Waals surface area contributed by atoms with Crippen LogP contribution < -0.4 is 10.6 Å². The Bertz CT molecular complexity index is 408. The molecule has 0 aliphatic carbocycles. The van der Waals surface area contributed by atoms with Crippen molar-refractivity contribution in [1.29, 1.82) is 0 Å². The van der Waals surface area contributed by atoms with Gasteiger partial charge < -0.3 is 15.5 Å². The molecule has 0 aromatic heterocycles. The van der Waals surface area contributed by atoms with Crippen molar-refractivity contribution in [2.75, 3.05) is 38.6 Å². The zero-order valence-corrected chi connectivity index (χ0v) is 12.0. The average molecular weight is 268 g/mol. The molecular weight excluding hydrogens is 246 g/mol. The smallest absolute Gasteiger partial charge is 0.0471 e. The summed E-state index contributed by atoms with van der Waals surface area (Å²) < 4.78 is 0. The summed E-state index contributed by atoms with van der Waals surface area (Å²) in [5.74, 6) is 0.757. The summed E-state index contributed by atoms with van der Waals surface area (Å²) in [6, 6.07) is 6.14. The molecule has 1 heterocycles. The molecule has 1 saturated heterocycles. The van der Waals surface area contributed by atoms with E-state index in [4.69, 9.17) is 17.3 Å². The highest BCUT2D eigenvalue weighted by molar-refractivity contribution is 6.31. The van der Waals surface area contributed by atoms with E-state index in [0.29, 0.717) is 6.54 Å². The van der Waals surface area contributed by atoms with Gasteiger partial charge in [-0.2, -0.15) is 0 Å². The average Bonchev–Trinajstić information content (AvgIpc) is 2.74. The number of likely N-dealkylation sites (tertiary alicyclic amines) is 1. The molecule has 1 unspecified atom stereocenters. The van der Waals surface area contributed by atoms with Crippen LogP contribution in [-0.4, -0.2) is 38.6 Å². The standard InChI is InChI=1S/C14H22ClN3/c1-17-6-5-11(9-17)10-18(2)13-4-3-12(8-16)14(15)7-13/h3-4,7,11H,5-6,8-10,16H2,1-2H3. The van der Waals surface area contributed by atoms with E-state index in [-0.39, 0.29) is 0 Å². The van der Waals surface area contributed by atoms with Crippen LogP contribution in [0, 0.1) is 5.92 Å². The molecule has 1 atom stereocenters. The molecule has 2 N–H and O–H groups in total. The lowest BCUT2D eigenvalue weighted by molar-refractivity contribution is 0.396. The van der Waals surface area contributed by atoms with Crippen LogP contribution in [0.5, 0.6) is 0 Å². The minimum absolute atomic E-state index is 0.496. The van der Waals surface area contributed by atoms with E-state index in [1.54, 1.807) is 0 Å². The first-order chi connectivity index (χ1) is 8.60. The van der Waals surface area contributed by atoms with Gasteiger partial charge in [0.25, 0.3) is 0 Å². The van der Waals surface area contributed by atoms with Gasteiger partial charge in [-0.25, -0.2) is 0 Å². The molecule has 1 fully saturated rings. The molecule has 1 aliphatic rings. The molecule has 100 valence electrons. The van der Waals surface area contributed by atoms with Crippen LogP contribution in [0.3, 0.4) is 0 Å². The Hall–Kier alpha value is -0.770. The summed E-state index contributed by atoms with van der Waals surface area (Å²) in [6.45, 7) is 3.99. The lowest BCUT2D eigenvalue weighted by Gasteiger charge is -2.23. The second-order valence-electron chi connectivity index (χ2n) is 5.28. The number of halogens is 1. The van der Waals surface area contributed by atoms with E-state index in [1.165, 1.54) is 25.2 Å². The predicted octanol–water partition coefficient (Wildman–Crippen LogP) is 2.19. The zero-order valence-electron chi connectivity index (χ0n) is 11.2. The van der Waals surface area contributed by atoms with Gasteiger partial charge in [0.15, 0.2) is 0 Å². The molecule has 4 heteroatoms. The van der Waals surface area contributed by atoms with Crippen molar-refractivity contribution in [3.8, 4) is 0 Å². The molecule has 1 aromatic carbocycles. The number of rotatable bonds is 4. The third-order valence-electron chi connectivity index (χ3n) is 3.72. The lowest BCUT2D eigenvalue weighted by Crippen LogP contribution is -2.27. The number of hydrogen-bond acceptors (Lipinski definition) is 3. The normalized spacial score (nSPS) is 20.3. The Morgan fingerprint density at radius 1 is 1.50 bits per heavy atom. The quantitative estimate of drug-likeness (QED) is 0.908. The van der Waals surface area contributed by atoms with Crippen molar-refractivity contribution in [2.24, 2.45) is 11.7 Å². The molecule has 0 saturated carbocycles. The molecular formula is C14H22ClN3. The molecule has 18 heavy (non-hydrogen) atoms. The van der Waals surface area contributed by atoms with Gasteiger partial charge in [0, 0.05) is 37.4 Å². The number of nitrogens with two attached hydrogens (primary N) is 1. The highest BCUT2D eigenvalue weighted by Gasteiger charge is 2.20. The molecule has 0 bridgehead atoms. The Morgan fingerprint density at radius 3 is 2.83 bits per heavy atom. The SMILES string of the molecule is CN1CCC(CN(C)c2ccc(CN)c(Cl)c2)C1. The molecule has 0 spiro atoms. The second kappa shape index (κ2) is 5.91. The summed E-state index contributed by atoms with van der Waals surface area (Å²) in [5.41, 5.74) is 7.80. The topological polar surface area (TPSA) is 32.5 Å². The van der Waals surface area contributed by atoms with E-state index < -0.39 is 0 Å². The monoisotopic (exact) mass is 267 g/mol. The van der Waals surface area contributed by atoms with Gasteiger partial charge in [-0.1, -0.05) is 17.7 Å². The van der Waals surface area contributed by atoms with Crippen LogP contribution in [0.25, 0.3) is 0 Å². The maximum atomic E-state index is 6.20. The van der Waals surface area contributed by atoms with Gasteiger partial charge in [0.2, 0.25) is 0 Å². The van der Waals surface area contributed by atoms with Crippen molar-refractivity contribution in [3.05, 3.63) is 28.8 Å². The fourth-order valence-corrected chi connectivity index (χ4v) is 2.86. The van der Waals surface area contributed by atoms with Crippen molar-refractivity contribution in [3.63, 3.8) is 0 Å². The van der Waals surface area contributed by atoms with Crippen LogP contribution >= 0.6 is 11.6 Å². The molecule has 0 amide bonds. The number of hydrogen-bond donors (Lipinski definition) is 1. The van der Waals surface area contributed by atoms with E-state index in [1.807, 2.05) is 12.1 Å². The van der Waals surface area contributed by atoms with Crippen molar-refractivity contribution >= 4 is 17.3 Å². The van der Waals surface area contributed by atoms with E-state index in [9.17, 15) is 0 Å². The first-order valence-electron chi connectivity index (χ1n) is 6.48. The van der Waals surface area contributed by atoms with Gasteiger partial charge in [-0.05, 0) is 43.6 Å². The fraction of sp³-hybridized carbons (Fsp3) is 0.571. The molecule has 1 aliphatic heterocycles. The number of benzene rings is 1. The fourth-order valence-electron chi connectivity index (χ4n) is 2.61. The molecule has 0 radical (unpaired) electrons. The van der Waals surface area contributed by atoms with Crippen LogP contribution in [-0.2, 0) is 6.54 Å². The summed E-state index contributed by atoms with van der Waals surface area (Å²) in [4.78, 5) is 4.68. The van der Waals surface area contributed by atoms with Crippen molar-refractivity contribution in [1.82, 2.24) is 4.90 Å². The first-order valence-corrected chi connectivity index (χ1v) is 6.86. The lowest BCUT2D eigenvalue weighted by atomic mass is 10.1. The van der Waals surface area contributed by atoms with Crippen LogP contribution in [0.2, 0.25) is 5.02 Å². The van der Waals surface area contributed by atoms with Crippen LogP contribution in [0.4, 0.5) is 5.69 Å². The van der Waals surface area contributed by atoms with Crippen molar-refractivity contribution in [2.45, 2.75) is 13.0 Å². The number of nitrogens with zero attached hydrogens (tertiary/aromatic N) is 2. The second-order valence-corrected chi connectivity index (χ2v) is 5.68. The van der Waals surface area contributed by atoms with E-state index >= 15 is 0 Å². The third-order valence-corrected chi connectivity index (χ3v) is 4.07. The van der Waals surface area contributed by atoms with E-state index in [2.05, 4.69) is 30.0 Å². The van der Waals surface area contributed by atoms with E-state index in [0.717, 1.165) is 23.0 Å². The highest BCUT2D eigenvalue weighted by atomic mass is 35.5. The third kappa shape index (κ3) is 3.16. The van der Waals surface area contributed by atoms with Crippen molar-refractivity contribution < 1.29 is 0 Å². The Labute approximate surface area is 115 Å². The Morgan fingerprint density at radius 2 is 2.28 bits per heavy atom.